The molecule has 2 aromatic rings. The lowest BCUT2D eigenvalue weighted by Crippen LogP contribution is -2.32. The number of carbonyl (C=O) groups is 2. The van der Waals surface area contributed by atoms with E-state index in [0.29, 0.717) is 30.8 Å². The van der Waals surface area contributed by atoms with Crippen LogP contribution in [0.1, 0.15) is 39.6 Å². The summed E-state index contributed by atoms with van der Waals surface area (Å²) in [6.45, 7) is 3.22. The van der Waals surface area contributed by atoms with E-state index >= 15 is 0 Å². The minimum atomic E-state index is -0.0441. The zero-order valence-corrected chi connectivity index (χ0v) is 13.4. The number of nitrogens with two attached hydrogens (primary N) is 1. The number of amides is 1. The Bertz CT molecular complexity index is 651. The predicted molar refractivity (Wildman–Crippen MR) is 91.3 cm³/mol. The van der Waals surface area contributed by atoms with Gasteiger partial charge in [-0.3, -0.25) is 9.59 Å². The van der Waals surface area contributed by atoms with E-state index in [0.717, 1.165) is 12.0 Å². The molecule has 23 heavy (non-hydrogen) atoms. The number of Topliss-reactive ketones (excluding diaryl/α,β-unsaturated/α-hetero) is 1. The van der Waals surface area contributed by atoms with Crippen molar-refractivity contribution in [3.63, 3.8) is 0 Å². The van der Waals surface area contributed by atoms with Crippen molar-refractivity contribution in [2.24, 2.45) is 5.73 Å². The maximum Gasteiger partial charge on any atom is 0.254 e. The Morgan fingerprint density at radius 1 is 0.957 bits per heavy atom. The van der Waals surface area contributed by atoms with Gasteiger partial charge in [0.25, 0.3) is 5.91 Å². The van der Waals surface area contributed by atoms with Gasteiger partial charge in [0, 0.05) is 24.2 Å². The van der Waals surface area contributed by atoms with Crippen molar-refractivity contribution >= 4 is 11.7 Å². The highest BCUT2D eigenvalue weighted by molar-refractivity contribution is 5.97. The second-order valence-corrected chi connectivity index (χ2v) is 5.49. The Morgan fingerprint density at radius 3 is 2.13 bits per heavy atom. The summed E-state index contributed by atoms with van der Waals surface area (Å²) in [4.78, 5) is 25.9. The van der Waals surface area contributed by atoms with Crippen LogP contribution in [0.3, 0.4) is 0 Å². The molecular formula is C19H22N2O2. The summed E-state index contributed by atoms with van der Waals surface area (Å²) in [5.41, 5.74) is 7.86. The first kappa shape index (κ1) is 16.9. The molecule has 0 unspecified atom stereocenters. The third kappa shape index (κ3) is 4.76. The minimum Gasteiger partial charge on any atom is -0.334 e. The first-order valence-corrected chi connectivity index (χ1v) is 7.76. The third-order valence-electron chi connectivity index (χ3n) is 3.67. The first-order chi connectivity index (χ1) is 11.1. The second kappa shape index (κ2) is 8.25. The van der Waals surface area contributed by atoms with Crippen molar-refractivity contribution in [2.45, 2.75) is 19.9 Å². The topological polar surface area (TPSA) is 63.4 Å². The van der Waals surface area contributed by atoms with Crippen LogP contribution in [-0.2, 0) is 6.54 Å². The van der Waals surface area contributed by atoms with Gasteiger partial charge in [-0.05, 0) is 37.6 Å². The fourth-order valence-corrected chi connectivity index (χ4v) is 2.37. The molecule has 2 N–H and O–H groups in total. The molecule has 0 saturated heterocycles. The van der Waals surface area contributed by atoms with Crippen LogP contribution in [-0.4, -0.2) is 29.7 Å². The lowest BCUT2D eigenvalue weighted by atomic mass is 10.1. The van der Waals surface area contributed by atoms with E-state index in [1.54, 1.807) is 29.2 Å². The van der Waals surface area contributed by atoms with Gasteiger partial charge in [-0.1, -0.05) is 42.5 Å². The van der Waals surface area contributed by atoms with Crippen LogP contribution in [0.15, 0.2) is 54.6 Å². The predicted octanol–water partition coefficient (Wildman–Crippen LogP) is 2.88. The Hall–Kier alpha value is -2.46. The molecule has 0 saturated carbocycles. The van der Waals surface area contributed by atoms with Crippen LogP contribution >= 0.6 is 0 Å². The molecule has 2 rings (SSSR count). The van der Waals surface area contributed by atoms with Crippen molar-refractivity contribution in [1.29, 1.82) is 0 Å². The summed E-state index contributed by atoms with van der Waals surface area (Å²) in [5.74, 6) is -0.0503. The molecule has 0 aliphatic heterocycles. The molecule has 4 nitrogen and oxygen atoms in total. The summed E-state index contributed by atoms with van der Waals surface area (Å²) >= 11 is 0. The monoisotopic (exact) mass is 310 g/mol. The van der Waals surface area contributed by atoms with Crippen LogP contribution in [0.2, 0.25) is 0 Å². The van der Waals surface area contributed by atoms with Gasteiger partial charge >= 0.3 is 0 Å². The summed E-state index contributed by atoms with van der Waals surface area (Å²) in [6, 6.07) is 16.7. The molecule has 0 aliphatic rings. The highest BCUT2D eigenvalue weighted by Crippen LogP contribution is 2.12. The molecular weight excluding hydrogens is 288 g/mol. The smallest absolute Gasteiger partial charge is 0.254 e. The second-order valence-electron chi connectivity index (χ2n) is 5.49. The average molecular weight is 310 g/mol. The molecule has 4 heteroatoms. The maximum atomic E-state index is 12.7. The number of hydrogen-bond acceptors (Lipinski definition) is 3. The van der Waals surface area contributed by atoms with Gasteiger partial charge in [-0.2, -0.15) is 0 Å². The molecule has 120 valence electrons. The van der Waals surface area contributed by atoms with Gasteiger partial charge < -0.3 is 10.6 Å². The minimum absolute atomic E-state index is 0.00623. The fraction of sp³-hybridized carbons (Fsp3) is 0.263. The van der Waals surface area contributed by atoms with E-state index in [1.165, 1.54) is 6.92 Å². The van der Waals surface area contributed by atoms with Crippen LogP contribution < -0.4 is 5.73 Å². The Balaban J connectivity index is 2.16. The molecule has 0 aromatic heterocycles. The van der Waals surface area contributed by atoms with Crippen LogP contribution in [0.25, 0.3) is 0 Å². The van der Waals surface area contributed by atoms with Gasteiger partial charge in [0.05, 0.1) is 0 Å². The largest absolute Gasteiger partial charge is 0.334 e. The van der Waals surface area contributed by atoms with E-state index in [9.17, 15) is 9.59 Å². The summed E-state index contributed by atoms with van der Waals surface area (Å²) in [7, 11) is 0. The van der Waals surface area contributed by atoms with E-state index in [4.69, 9.17) is 5.73 Å². The molecule has 0 aliphatic carbocycles. The number of rotatable bonds is 7. The molecule has 1 amide bonds. The van der Waals surface area contributed by atoms with Gasteiger partial charge in [-0.25, -0.2) is 0 Å². The lowest BCUT2D eigenvalue weighted by Gasteiger charge is -2.23. The highest BCUT2D eigenvalue weighted by Gasteiger charge is 2.16. The SMILES string of the molecule is CC(=O)c1ccc(C(=O)N(CCCN)Cc2ccccc2)cc1. The molecule has 0 heterocycles. The van der Waals surface area contributed by atoms with Gasteiger partial charge in [0.2, 0.25) is 0 Å². The van der Waals surface area contributed by atoms with E-state index in [-0.39, 0.29) is 11.7 Å². The number of nitrogens with zero attached hydrogens (tertiary/aromatic N) is 1. The van der Waals surface area contributed by atoms with Gasteiger partial charge in [0.1, 0.15) is 0 Å². The average Bonchev–Trinajstić information content (AvgIpc) is 2.59. The van der Waals surface area contributed by atoms with Gasteiger partial charge in [-0.15, -0.1) is 0 Å². The standard InChI is InChI=1S/C19H22N2O2/c1-15(22)17-8-10-18(11-9-17)19(23)21(13-5-12-20)14-16-6-3-2-4-7-16/h2-4,6-11H,5,12-14,20H2,1H3. The lowest BCUT2D eigenvalue weighted by molar-refractivity contribution is 0.0742. The maximum absolute atomic E-state index is 12.7. The normalized spacial score (nSPS) is 10.3. The Kier molecular flexibility index (Phi) is 6.06. The number of hydrogen-bond donors (Lipinski definition) is 1. The summed E-state index contributed by atoms with van der Waals surface area (Å²) in [5, 5.41) is 0. The third-order valence-corrected chi connectivity index (χ3v) is 3.67. The van der Waals surface area contributed by atoms with Crippen molar-refractivity contribution in [3.8, 4) is 0 Å². The quantitative estimate of drug-likeness (QED) is 0.800. The molecule has 0 fully saturated rings. The molecule has 0 spiro atoms. The summed E-state index contributed by atoms with van der Waals surface area (Å²) < 4.78 is 0. The number of carbonyl (C=O) groups excluding carboxylic acids is 2. The van der Waals surface area contributed by atoms with Crippen molar-refractivity contribution in [3.05, 3.63) is 71.3 Å². The van der Waals surface area contributed by atoms with Crippen LogP contribution in [0.4, 0.5) is 0 Å². The van der Waals surface area contributed by atoms with Crippen molar-refractivity contribution < 1.29 is 9.59 Å². The molecule has 0 atom stereocenters. The number of benzene rings is 2. The van der Waals surface area contributed by atoms with Crippen molar-refractivity contribution in [2.75, 3.05) is 13.1 Å². The molecule has 2 aromatic carbocycles. The van der Waals surface area contributed by atoms with E-state index in [2.05, 4.69) is 0 Å². The molecule has 0 bridgehead atoms. The van der Waals surface area contributed by atoms with E-state index < -0.39 is 0 Å². The Morgan fingerprint density at radius 2 is 1.57 bits per heavy atom. The fourth-order valence-electron chi connectivity index (χ4n) is 2.37. The van der Waals surface area contributed by atoms with E-state index in [1.807, 2.05) is 30.3 Å². The summed E-state index contributed by atoms with van der Waals surface area (Å²) in [6.07, 6.45) is 0.754. The van der Waals surface area contributed by atoms with Gasteiger partial charge in [0.15, 0.2) is 5.78 Å². The highest BCUT2D eigenvalue weighted by atomic mass is 16.2. The molecule has 0 radical (unpaired) electrons. The van der Waals surface area contributed by atoms with Crippen LogP contribution in [0.5, 0.6) is 0 Å². The first-order valence-electron chi connectivity index (χ1n) is 7.76. The van der Waals surface area contributed by atoms with Crippen LogP contribution in [0, 0.1) is 0 Å². The zero-order chi connectivity index (χ0) is 16.7. The Labute approximate surface area is 136 Å². The number of ketones is 1. The van der Waals surface area contributed by atoms with Crippen molar-refractivity contribution in [1.82, 2.24) is 4.90 Å². The zero-order valence-electron chi connectivity index (χ0n) is 13.4.